The number of esters is 1. The van der Waals surface area contributed by atoms with Crippen LogP contribution >= 0.6 is 0 Å². The lowest BCUT2D eigenvalue weighted by Crippen LogP contribution is -2.65. The van der Waals surface area contributed by atoms with Crippen molar-refractivity contribution < 1.29 is 28.9 Å². The van der Waals surface area contributed by atoms with Crippen molar-refractivity contribution in [3.8, 4) is 0 Å². The van der Waals surface area contributed by atoms with E-state index in [4.69, 9.17) is 14.2 Å². The second kappa shape index (κ2) is 10.6. The van der Waals surface area contributed by atoms with Gasteiger partial charge in [0.2, 0.25) is 0 Å². The van der Waals surface area contributed by atoms with E-state index in [1.54, 1.807) is 19.9 Å². The van der Waals surface area contributed by atoms with Crippen molar-refractivity contribution in [2.45, 2.75) is 84.1 Å². The minimum atomic E-state index is -1.26. The summed E-state index contributed by atoms with van der Waals surface area (Å²) in [5.74, 6) is -1.75. The fourth-order valence-electron chi connectivity index (χ4n) is 4.33. The van der Waals surface area contributed by atoms with Gasteiger partial charge in [0, 0.05) is 5.57 Å². The van der Waals surface area contributed by atoms with Crippen LogP contribution in [0.2, 0.25) is 0 Å². The number of hydrogen-bond donors (Lipinski definition) is 1. The van der Waals surface area contributed by atoms with E-state index in [9.17, 15) is 14.7 Å². The van der Waals surface area contributed by atoms with Gasteiger partial charge in [-0.1, -0.05) is 55.6 Å². The van der Waals surface area contributed by atoms with Gasteiger partial charge in [-0.15, -0.1) is 0 Å². The Labute approximate surface area is 195 Å². The third-order valence-electron chi connectivity index (χ3n) is 6.55. The lowest BCUT2D eigenvalue weighted by atomic mass is 9.77. The summed E-state index contributed by atoms with van der Waals surface area (Å²) in [5, 5.41) is 10.6. The predicted molar refractivity (Wildman–Crippen MR) is 123 cm³/mol. The molecule has 1 N–H and O–H groups in total. The molecule has 2 bridgehead atoms. The number of fused-ring (bicyclic) bond motifs is 8. The summed E-state index contributed by atoms with van der Waals surface area (Å²) in [4.78, 5) is 25.6. The first kappa shape index (κ1) is 25.2. The summed E-state index contributed by atoms with van der Waals surface area (Å²) in [7, 11) is 0. The van der Waals surface area contributed by atoms with Crippen molar-refractivity contribution >= 4 is 11.8 Å². The molecular weight excluding hydrogens is 420 g/mol. The molecule has 7 atom stereocenters. The van der Waals surface area contributed by atoms with Gasteiger partial charge in [0.15, 0.2) is 5.78 Å². The van der Waals surface area contributed by atoms with Gasteiger partial charge in [0.25, 0.3) is 0 Å². The van der Waals surface area contributed by atoms with Crippen LogP contribution in [-0.2, 0) is 30.4 Å². The molecule has 0 aliphatic carbocycles. The van der Waals surface area contributed by atoms with Crippen molar-refractivity contribution in [2.75, 3.05) is 0 Å². The van der Waals surface area contributed by atoms with Crippen LogP contribution in [0.4, 0.5) is 0 Å². The zero-order chi connectivity index (χ0) is 24.2. The number of hydrogen-bond acceptors (Lipinski definition) is 6. The first-order valence-electron chi connectivity index (χ1n) is 11.6. The summed E-state index contributed by atoms with van der Waals surface area (Å²) in [6.07, 6.45) is -0.380. The second-order valence-corrected chi connectivity index (χ2v) is 9.31. The van der Waals surface area contributed by atoms with Crippen molar-refractivity contribution in [3.05, 3.63) is 59.0 Å². The minimum absolute atomic E-state index is 0.0715. The van der Waals surface area contributed by atoms with E-state index in [0.717, 1.165) is 11.1 Å². The lowest BCUT2D eigenvalue weighted by molar-refractivity contribution is -0.225. The van der Waals surface area contributed by atoms with E-state index in [1.807, 2.05) is 51.1 Å². The molecule has 1 fully saturated rings. The monoisotopic (exact) mass is 454 g/mol. The normalized spacial score (nSPS) is 35.2. The summed E-state index contributed by atoms with van der Waals surface area (Å²) in [6.45, 7) is 9.42. The topological polar surface area (TPSA) is 82.1 Å². The zero-order valence-electron chi connectivity index (χ0n) is 20.0. The number of ether oxygens (including phenoxy) is 3. The van der Waals surface area contributed by atoms with Gasteiger partial charge in [-0.3, -0.25) is 9.59 Å². The Hall–Kier alpha value is -2.46. The number of aliphatic hydroxyl groups is 1. The van der Waals surface area contributed by atoms with Gasteiger partial charge in [-0.25, -0.2) is 0 Å². The Balaban J connectivity index is 1.93. The average molecular weight is 455 g/mol. The van der Waals surface area contributed by atoms with Crippen LogP contribution in [0, 0.1) is 11.8 Å². The van der Waals surface area contributed by atoms with Crippen LogP contribution in [-0.4, -0.2) is 46.9 Å². The number of rotatable bonds is 4. The second-order valence-electron chi connectivity index (χ2n) is 9.31. The molecule has 0 spiro atoms. The third-order valence-corrected chi connectivity index (χ3v) is 6.55. The highest BCUT2D eigenvalue weighted by Crippen LogP contribution is 2.39. The predicted octanol–water partition coefficient (Wildman–Crippen LogP) is 3.91. The highest BCUT2D eigenvalue weighted by Gasteiger charge is 2.56. The van der Waals surface area contributed by atoms with Crippen molar-refractivity contribution in [1.29, 1.82) is 0 Å². The van der Waals surface area contributed by atoms with E-state index in [1.165, 1.54) is 0 Å². The number of carbonyl (C=O) groups excluding carboxylic acids is 2. The SMILES string of the molecule is CC[C@H]1OC(=O)[C@H](C)[C@@H](O)[C@@H]2O[C@@](C)(C[C@@H](C)[C@H](OCc3ccccc3)C=C=C=C1C)C2=O. The molecule has 33 heavy (non-hydrogen) atoms. The van der Waals surface area contributed by atoms with Crippen molar-refractivity contribution in [1.82, 2.24) is 0 Å². The summed E-state index contributed by atoms with van der Waals surface area (Å²) >= 11 is 0. The molecule has 178 valence electrons. The Kier molecular flexibility index (Phi) is 8.12. The Bertz CT molecular complexity index is 956. The summed E-state index contributed by atoms with van der Waals surface area (Å²) in [5.41, 5.74) is 6.87. The average Bonchev–Trinajstić information content (AvgIpc) is 2.81. The van der Waals surface area contributed by atoms with Crippen molar-refractivity contribution in [3.63, 3.8) is 0 Å². The van der Waals surface area contributed by atoms with Crippen LogP contribution < -0.4 is 0 Å². The van der Waals surface area contributed by atoms with Gasteiger partial charge in [0.05, 0.1) is 18.6 Å². The highest BCUT2D eigenvalue weighted by molar-refractivity contribution is 5.96. The van der Waals surface area contributed by atoms with Gasteiger partial charge < -0.3 is 19.3 Å². The highest BCUT2D eigenvalue weighted by atomic mass is 16.6. The van der Waals surface area contributed by atoms with Crippen LogP contribution in [0.3, 0.4) is 0 Å². The molecule has 4 rings (SSSR count). The smallest absolute Gasteiger partial charge is 0.312 e. The fourth-order valence-corrected chi connectivity index (χ4v) is 4.33. The van der Waals surface area contributed by atoms with Gasteiger partial charge in [-0.2, -0.15) is 0 Å². The van der Waals surface area contributed by atoms with Crippen LogP contribution in [0.25, 0.3) is 0 Å². The number of aliphatic hydroxyl groups excluding tert-OH is 1. The summed E-state index contributed by atoms with van der Waals surface area (Å²) < 4.78 is 17.7. The Morgan fingerprint density at radius 1 is 1.21 bits per heavy atom. The van der Waals surface area contributed by atoms with Gasteiger partial charge in [-0.05, 0) is 51.2 Å². The molecule has 1 aromatic rings. The first-order chi connectivity index (χ1) is 15.7. The number of carbonyl (C=O) groups is 2. The van der Waals surface area contributed by atoms with E-state index >= 15 is 0 Å². The molecular formula is C27H34O6. The van der Waals surface area contributed by atoms with Crippen LogP contribution in [0.5, 0.6) is 0 Å². The standard InChI is InChI=1S/C27H34O6/c1-6-21-17(2)11-10-14-22(31-16-20-12-8-7-9-13-20)18(3)15-27(5)25(29)24(33-27)23(28)19(4)26(30)32-21/h7-9,12-14,18-19,21-24,28H,6,15-16H2,1-5H3/t18-,19-,21-,22-,23-,24+,27+/m1/s1. The molecule has 6 nitrogen and oxygen atoms in total. The maximum absolute atomic E-state index is 13.0. The molecule has 0 unspecified atom stereocenters. The molecule has 1 saturated heterocycles. The first-order valence-corrected chi connectivity index (χ1v) is 11.6. The summed E-state index contributed by atoms with van der Waals surface area (Å²) in [6, 6.07) is 9.86. The molecule has 3 aliphatic heterocycles. The fraction of sp³-hybridized carbons (Fsp3) is 0.556. The molecule has 0 amide bonds. The third kappa shape index (κ3) is 5.73. The molecule has 3 heterocycles. The van der Waals surface area contributed by atoms with E-state index in [0.29, 0.717) is 19.4 Å². The number of Topliss-reactive ketones (excluding diaryl/α,β-unsaturated/α-hetero) is 1. The van der Waals surface area contributed by atoms with E-state index in [2.05, 4.69) is 11.5 Å². The van der Waals surface area contributed by atoms with E-state index < -0.39 is 35.8 Å². The Morgan fingerprint density at radius 2 is 1.91 bits per heavy atom. The molecule has 6 heteroatoms. The number of ketones is 1. The quantitative estimate of drug-likeness (QED) is 0.549. The molecule has 0 radical (unpaired) electrons. The van der Waals surface area contributed by atoms with Gasteiger partial charge in [0.1, 0.15) is 23.9 Å². The largest absolute Gasteiger partial charge is 0.457 e. The number of benzene rings is 1. The molecule has 1 aromatic carbocycles. The van der Waals surface area contributed by atoms with Crippen LogP contribution in [0.15, 0.2) is 53.4 Å². The molecule has 0 aromatic heterocycles. The van der Waals surface area contributed by atoms with E-state index in [-0.39, 0.29) is 17.8 Å². The van der Waals surface area contributed by atoms with Crippen LogP contribution in [0.1, 0.15) is 53.0 Å². The molecule has 3 aliphatic rings. The Morgan fingerprint density at radius 3 is 2.55 bits per heavy atom. The zero-order valence-corrected chi connectivity index (χ0v) is 20.0. The maximum atomic E-state index is 13.0. The van der Waals surface area contributed by atoms with Crippen molar-refractivity contribution in [2.24, 2.45) is 11.8 Å². The lowest BCUT2D eigenvalue weighted by Gasteiger charge is -2.47. The molecule has 0 saturated carbocycles. The van der Waals surface area contributed by atoms with Gasteiger partial charge >= 0.3 is 5.97 Å². The minimum Gasteiger partial charge on any atom is -0.457 e. The maximum Gasteiger partial charge on any atom is 0.312 e.